The van der Waals surface area contributed by atoms with E-state index in [-0.39, 0.29) is 5.41 Å². The minimum absolute atomic E-state index is 0.112. The van der Waals surface area contributed by atoms with Gasteiger partial charge in [0.05, 0.1) is 0 Å². The summed E-state index contributed by atoms with van der Waals surface area (Å²) in [4.78, 5) is 0. The van der Waals surface area contributed by atoms with Crippen LogP contribution in [0.3, 0.4) is 0 Å². The van der Waals surface area contributed by atoms with Gasteiger partial charge in [0, 0.05) is 29.1 Å². The fourth-order valence-electron chi connectivity index (χ4n) is 3.23. The van der Waals surface area contributed by atoms with Crippen LogP contribution in [0.15, 0.2) is 28.7 Å². The number of nitrogens with one attached hydrogen (secondary N) is 1. The third kappa shape index (κ3) is 4.06. The number of hydrogen-bond donors (Lipinski definition) is 2. The molecule has 1 aromatic carbocycles. The van der Waals surface area contributed by atoms with Gasteiger partial charge in [0.2, 0.25) is 0 Å². The highest BCUT2D eigenvalue weighted by molar-refractivity contribution is 9.10. The van der Waals surface area contributed by atoms with Crippen LogP contribution in [0.5, 0.6) is 0 Å². The van der Waals surface area contributed by atoms with E-state index < -0.39 is 0 Å². The fourth-order valence-corrected chi connectivity index (χ4v) is 3.49. The van der Waals surface area contributed by atoms with E-state index in [0.29, 0.717) is 12.6 Å². The van der Waals surface area contributed by atoms with Crippen molar-refractivity contribution in [3.8, 4) is 0 Å². The van der Waals surface area contributed by atoms with E-state index in [9.17, 15) is 5.11 Å². The van der Waals surface area contributed by atoms with Crippen LogP contribution in [0.2, 0.25) is 0 Å². The first-order valence-corrected chi connectivity index (χ1v) is 8.58. The SMILES string of the molecule is CCC(NCC1(CO)CCCCC1)c1ccc(Br)cc1. The van der Waals surface area contributed by atoms with Crippen molar-refractivity contribution in [3.63, 3.8) is 0 Å². The molecule has 0 radical (unpaired) electrons. The molecular weight excluding hydrogens is 314 g/mol. The summed E-state index contributed by atoms with van der Waals surface area (Å²) in [7, 11) is 0. The van der Waals surface area contributed by atoms with E-state index >= 15 is 0 Å². The summed E-state index contributed by atoms with van der Waals surface area (Å²) in [5, 5.41) is 13.5. The van der Waals surface area contributed by atoms with Crippen molar-refractivity contribution in [1.82, 2.24) is 5.32 Å². The van der Waals surface area contributed by atoms with Gasteiger partial charge in [-0.25, -0.2) is 0 Å². The smallest absolute Gasteiger partial charge is 0.0499 e. The molecule has 1 fully saturated rings. The summed E-state index contributed by atoms with van der Waals surface area (Å²) in [6.45, 7) is 3.46. The molecule has 0 heterocycles. The number of aliphatic hydroxyl groups is 1. The molecule has 0 aliphatic heterocycles. The van der Waals surface area contributed by atoms with Gasteiger partial charge >= 0.3 is 0 Å². The number of hydrogen-bond acceptors (Lipinski definition) is 2. The lowest BCUT2D eigenvalue weighted by atomic mass is 9.74. The van der Waals surface area contributed by atoms with Gasteiger partial charge in [-0.3, -0.25) is 0 Å². The maximum Gasteiger partial charge on any atom is 0.0499 e. The standard InChI is InChI=1S/C17H26BrNO/c1-2-16(14-6-8-15(18)9-7-14)19-12-17(13-20)10-4-3-5-11-17/h6-9,16,19-20H,2-5,10-13H2,1H3. The largest absolute Gasteiger partial charge is 0.396 e. The fraction of sp³-hybridized carbons (Fsp3) is 0.647. The Kier molecular flexibility index (Phi) is 6.06. The molecule has 0 amide bonds. The molecule has 2 rings (SSSR count). The van der Waals surface area contributed by atoms with E-state index in [1.165, 1.54) is 24.8 Å². The minimum Gasteiger partial charge on any atom is -0.396 e. The zero-order valence-corrected chi connectivity index (χ0v) is 14.0. The zero-order valence-electron chi connectivity index (χ0n) is 12.4. The second-order valence-corrected chi connectivity index (χ2v) is 7.03. The Morgan fingerprint density at radius 3 is 2.40 bits per heavy atom. The summed E-state index contributed by atoms with van der Waals surface area (Å²) in [6, 6.07) is 8.94. The van der Waals surface area contributed by atoms with Crippen LogP contribution in [0.25, 0.3) is 0 Å². The molecule has 1 aliphatic rings. The molecule has 1 aromatic rings. The van der Waals surface area contributed by atoms with Gasteiger partial charge in [0.1, 0.15) is 0 Å². The summed E-state index contributed by atoms with van der Waals surface area (Å²) in [5.41, 5.74) is 1.45. The topological polar surface area (TPSA) is 32.3 Å². The summed E-state index contributed by atoms with van der Waals surface area (Å²) >= 11 is 3.48. The first-order chi connectivity index (χ1) is 9.69. The van der Waals surface area contributed by atoms with Gasteiger partial charge in [0.25, 0.3) is 0 Å². The van der Waals surface area contributed by atoms with Gasteiger partial charge in [-0.05, 0) is 37.0 Å². The quantitative estimate of drug-likeness (QED) is 0.803. The highest BCUT2D eigenvalue weighted by atomic mass is 79.9. The number of aliphatic hydroxyl groups excluding tert-OH is 1. The molecule has 20 heavy (non-hydrogen) atoms. The van der Waals surface area contributed by atoms with Gasteiger partial charge in [-0.2, -0.15) is 0 Å². The summed E-state index contributed by atoms with van der Waals surface area (Å²) in [6.07, 6.45) is 7.24. The Morgan fingerprint density at radius 1 is 1.20 bits per heavy atom. The summed E-state index contributed by atoms with van der Waals surface area (Å²) < 4.78 is 1.12. The normalized spacial score (nSPS) is 19.8. The molecule has 112 valence electrons. The van der Waals surface area contributed by atoms with Crippen molar-refractivity contribution in [1.29, 1.82) is 0 Å². The van der Waals surface area contributed by atoms with E-state index in [2.05, 4.69) is 52.4 Å². The second-order valence-electron chi connectivity index (χ2n) is 6.11. The first-order valence-electron chi connectivity index (χ1n) is 7.79. The van der Waals surface area contributed by atoms with Gasteiger partial charge in [-0.15, -0.1) is 0 Å². The first kappa shape index (κ1) is 16.0. The lowest BCUT2D eigenvalue weighted by Gasteiger charge is -2.37. The van der Waals surface area contributed by atoms with Gasteiger partial charge < -0.3 is 10.4 Å². The summed E-state index contributed by atoms with van der Waals surface area (Å²) in [5.74, 6) is 0. The third-order valence-electron chi connectivity index (χ3n) is 4.65. The highest BCUT2D eigenvalue weighted by Gasteiger charge is 2.31. The third-order valence-corrected chi connectivity index (χ3v) is 5.18. The lowest BCUT2D eigenvalue weighted by Crippen LogP contribution is -2.40. The van der Waals surface area contributed by atoms with E-state index in [1.54, 1.807) is 0 Å². The molecule has 1 atom stereocenters. The molecule has 1 saturated carbocycles. The van der Waals surface area contributed by atoms with Crippen LogP contribution in [-0.2, 0) is 0 Å². The van der Waals surface area contributed by atoms with Crippen molar-refractivity contribution < 1.29 is 5.11 Å². The molecule has 0 saturated heterocycles. The average Bonchev–Trinajstić information content (AvgIpc) is 2.50. The van der Waals surface area contributed by atoms with E-state index in [4.69, 9.17) is 0 Å². The van der Waals surface area contributed by atoms with Crippen molar-refractivity contribution in [3.05, 3.63) is 34.3 Å². The van der Waals surface area contributed by atoms with Crippen LogP contribution in [0.1, 0.15) is 57.1 Å². The monoisotopic (exact) mass is 339 g/mol. The van der Waals surface area contributed by atoms with E-state index in [1.807, 2.05) is 0 Å². The van der Waals surface area contributed by atoms with Crippen LogP contribution in [0.4, 0.5) is 0 Å². The molecule has 0 bridgehead atoms. The van der Waals surface area contributed by atoms with Crippen LogP contribution < -0.4 is 5.32 Å². The van der Waals surface area contributed by atoms with Gasteiger partial charge in [0.15, 0.2) is 0 Å². The van der Waals surface area contributed by atoms with Crippen molar-refractivity contribution >= 4 is 15.9 Å². The Bertz CT molecular complexity index is 398. The molecule has 2 nitrogen and oxygen atoms in total. The Balaban J connectivity index is 1.97. The number of halogens is 1. The average molecular weight is 340 g/mol. The predicted molar refractivity (Wildman–Crippen MR) is 87.8 cm³/mol. The molecule has 2 N–H and O–H groups in total. The predicted octanol–water partition coefficient (Wildman–Crippen LogP) is 4.43. The molecule has 0 spiro atoms. The molecule has 1 aliphatic carbocycles. The number of rotatable bonds is 6. The molecular formula is C17H26BrNO. The van der Waals surface area contributed by atoms with Crippen molar-refractivity contribution in [2.24, 2.45) is 5.41 Å². The zero-order chi connectivity index (χ0) is 14.4. The number of benzene rings is 1. The van der Waals surface area contributed by atoms with Gasteiger partial charge in [-0.1, -0.05) is 54.2 Å². The van der Waals surface area contributed by atoms with E-state index in [0.717, 1.165) is 30.3 Å². The van der Waals surface area contributed by atoms with Crippen LogP contribution >= 0.6 is 15.9 Å². The maximum absolute atomic E-state index is 9.79. The molecule has 3 heteroatoms. The minimum atomic E-state index is 0.112. The maximum atomic E-state index is 9.79. The molecule has 1 unspecified atom stereocenters. The Labute approximate surface area is 131 Å². The van der Waals surface area contributed by atoms with Crippen LogP contribution in [-0.4, -0.2) is 18.3 Å². The van der Waals surface area contributed by atoms with Crippen molar-refractivity contribution in [2.75, 3.05) is 13.2 Å². The van der Waals surface area contributed by atoms with Crippen LogP contribution in [0, 0.1) is 5.41 Å². The van der Waals surface area contributed by atoms with Crippen molar-refractivity contribution in [2.45, 2.75) is 51.5 Å². The Morgan fingerprint density at radius 2 is 1.85 bits per heavy atom. The molecule has 0 aromatic heterocycles. The Hall–Kier alpha value is -0.380. The highest BCUT2D eigenvalue weighted by Crippen LogP contribution is 2.36. The second kappa shape index (κ2) is 7.58. The lowest BCUT2D eigenvalue weighted by molar-refractivity contribution is 0.0781.